The van der Waals surface area contributed by atoms with E-state index in [-0.39, 0.29) is 17.0 Å². The van der Waals surface area contributed by atoms with Crippen molar-refractivity contribution < 1.29 is 14.6 Å². The fourth-order valence-electron chi connectivity index (χ4n) is 2.26. The summed E-state index contributed by atoms with van der Waals surface area (Å²) in [4.78, 5) is 24.0. The molecule has 25 heavy (non-hydrogen) atoms. The predicted octanol–water partition coefficient (Wildman–Crippen LogP) is 1.40. The summed E-state index contributed by atoms with van der Waals surface area (Å²) in [6.45, 7) is 0. The topological polar surface area (TPSA) is 117 Å². The van der Waals surface area contributed by atoms with Crippen LogP contribution in [0.2, 0.25) is 0 Å². The molecule has 0 atom stereocenters. The average molecular weight is 338 g/mol. The number of phenols is 1. The summed E-state index contributed by atoms with van der Waals surface area (Å²) >= 11 is 0. The lowest BCUT2D eigenvalue weighted by molar-refractivity contribution is 0.0951. The molecule has 0 aliphatic carbocycles. The zero-order valence-corrected chi connectivity index (χ0v) is 13.2. The number of benzene rings is 2. The summed E-state index contributed by atoms with van der Waals surface area (Å²) in [6.07, 6.45) is 1.28. The Morgan fingerprint density at radius 1 is 1.28 bits per heavy atom. The van der Waals surface area contributed by atoms with Crippen molar-refractivity contribution in [3.8, 4) is 11.5 Å². The van der Waals surface area contributed by atoms with Gasteiger partial charge in [-0.15, -0.1) is 0 Å². The second-order valence-corrected chi connectivity index (χ2v) is 5.07. The molecule has 1 heterocycles. The van der Waals surface area contributed by atoms with Crippen LogP contribution in [0.1, 0.15) is 16.1 Å². The van der Waals surface area contributed by atoms with E-state index in [1.165, 1.54) is 19.4 Å². The highest BCUT2D eigenvalue weighted by Crippen LogP contribution is 2.21. The number of amides is 1. The SMILES string of the molecule is COc1ccc(O)c(/C=N/NC(=O)c2n[nH]c(=O)c3ccccc23)c1. The molecule has 8 nitrogen and oxygen atoms in total. The Hall–Kier alpha value is -3.68. The molecule has 126 valence electrons. The number of aromatic nitrogens is 2. The summed E-state index contributed by atoms with van der Waals surface area (Å²) in [5.41, 5.74) is 2.36. The maximum atomic E-state index is 12.3. The third-order valence-corrected chi connectivity index (χ3v) is 3.52. The second kappa shape index (κ2) is 6.83. The fourth-order valence-corrected chi connectivity index (χ4v) is 2.26. The molecule has 0 aliphatic rings. The van der Waals surface area contributed by atoms with E-state index >= 15 is 0 Å². The van der Waals surface area contributed by atoms with Crippen molar-refractivity contribution in [3.63, 3.8) is 0 Å². The summed E-state index contributed by atoms with van der Waals surface area (Å²) in [6, 6.07) is 11.3. The molecule has 1 amide bonds. The van der Waals surface area contributed by atoms with Gasteiger partial charge in [-0.2, -0.15) is 10.2 Å². The van der Waals surface area contributed by atoms with Gasteiger partial charge in [-0.25, -0.2) is 10.5 Å². The Balaban J connectivity index is 1.84. The third-order valence-electron chi connectivity index (χ3n) is 3.52. The van der Waals surface area contributed by atoms with E-state index in [2.05, 4.69) is 20.7 Å². The molecule has 2 aromatic carbocycles. The van der Waals surface area contributed by atoms with Crippen molar-refractivity contribution in [3.05, 3.63) is 64.1 Å². The minimum atomic E-state index is -0.592. The van der Waals surface area contributed by atoms with Crippen molar-refractivity contribution in [2.75, 3.05) is 7.11 Å². The fraction of sp³-hybridized carbons (Fsp3) is 0.0588. The number of hydrazone groups is 1. The lowest BCUT2D eigenvalue weighted by Gasteiger charge is -2.04. The lowest BCUT2D eigenvalue weighted by atomic mass is 10.1. The standard InChI is InChI=1S/C17H14N4O4/c1-25-11-6-7-14(22)10(8-11)9-18-20-17(24)15-12-4-2-3-5-13(12)16(23)21-19-15/h2-9,22H,1H3,(H,20,24)(H,21,23)/b18-9+. The van der Waals surface area contributed by atoms with Crippen LogP contribution in [-0.4, -0.2) is 34.5 Å². The van der Waals surface area contributed by atoms with E-state index in [4.69, 9.17) is 4.74 Å². The molecule has 3 N–H and O–H groups in total. The highest BCUT2D eigenvalue weighted by molar-refractivity contribution is 6.04. The molecule has 3 rings (SSSR count). The molecule has 0 spiro atoms. The number of carbonyl (C=O) groups is 1. The smallest absolute Gasteiger partial charge is 0.292 e. The molecule has 0 bridgehead atoms. The molecular weight excluding hydrogens is 324 g/mol. The number of nitrogens with zero attached hydrogens (tertiary/aromatic N) is 2. The van der Waals surface area contributed by atoms with Crippen molar-refractivity contribution in [1.82, 2.24) is 15.6 Å². The third kappa shape index (κ3) is 3.32. The van der Waals surface area contributed by atoms with E-state index in [1.54, 1.807) is 36.4 Å². The molecule has 0 radical (unpaired) electrons. The Labute approximate surface area is 141 Å². The first-order valence-electron chi connectivity index (χ1n) is 7.28. The average Bonchev–Trinajstić information content (AvgIpc) is 2.63. The largest absolute Gasteiger partial charge is 0.507 e. The number of phenolic OH excluding ortho intramolecular Hbond substituents is 1. The number of aromatic amines is 1. The van der Waals surface area contributed by atoms with Gasteiger partial charge < -0.3 is 9.84 Å². The van der Waals surface area contributed by atoms with Crippen LogP contribution in [0.5, 0.6) is 11.5 Å². The van der Waals surface area contributed by atoms with Gasteiger partial charge in [0.15, 0.2) is 5.69 Å². The molecule has 0 saturated carbocycles. The zero-order chi connectivity index (χ0) is 17.8. The van der Waals surface area contributed by atoms with Gasteiger partial charge in [0.05, 0.1) is 18.7 Å². The minimum absolute atomic E-state index is 0.00795. The van der Waals surface area contributed by atoms with Crippen LogP contribution in [0.15, 0.2) is 52.4 Å². The second-order valence-electron chi connectivity index (χ2n) is 5.07. The van der Waals surface area contributed by atoms with E-state index in [0.717, 1.165) is 0 Å². The van der Waals surface area contributed by atoms with Crippen LogP contribution < -0.4 is 15.7 Å². The van der Waals surface area contributed by atoms with Crippen LogP contribution in [-0.2, 0) is 0 Å². The molecule has 0 aliphatic heterocycles. The summed E-state index contributed by atoms with van der Waals surface area (Å²) in [5, 5.41) is 20.4. The Morgan fingerprint density at radius 2 is 2.04 bits per heavy atom. The molecule has 8 heteroatoms. The Morgan fingerprint density at radius 3 is 2.80 bits per heavy atom. The van der Waals surface area contributed by atoms with Crippen LogP contribution in [0.3, 0.4) is 0 Å². The van der Waals surface area contributed by atoms with Gasteiger partial charge >= 0.3 is 0 Å². The maximum Gasteiger partial charge on any atom is 0.292 e. The van der Waals surface area contributed by atoms with E-state index in [0.29, 0.717) is 22.1 Å². The van der Waals surface area contributed by atoms with Crippen LogP contribution in [0.25, 0.3) is 10.8 Å². The number of methoxy groups -OCH3 is 1. The van der Waals surface area contributed by atoms with Gasteiger partial charge in [-0.3, -0.25) is 9.59 Å². The highest BCUT2D eigenvalue weighted by Gasteiger charge is 2.13. The maximum absolute atomic E-state index is 12.3. The minimum Gasteiger partial charge on any atom is -0.507 e. The summed E-state index contributed by atoms with van der Waals surface area (Å²) in [7, 11) is 1.50. The van der Waals surface area contributed by atoms with E-state index in [1.807, 2.05) is 0 Å². The molecule has 0 unspecified atom stereocenters. The van der Waals surface area contributed by atoms with E-state index < -0.39 is 5.91 Å². The normalized spacial score (nSPS) is 10.9. The van der Waals surface area contributed by atoms with Gasteiger partial charge in [-0.05, 0) is 24.3 Å². The first kappa shape index (κ1) is 16.2. The number of carbonyl (C=O) groups excluding carboxylic acids is 1. The van der Waals surface area contributed by atoms with Crippen LogP contribution in [0, 0.1) is 0 Å². The van der Waals surface area contributed by atoms with Gasteiger partial charge in [-0.1, -0.05) is 18.2 Å². The Kier molecular flexibility index (Phi) is 4.42. The Bertz CT molecular complexity index is 1030. The summed E-state index contributed by atoms with van der Waals surface area (Å²) in [5.74, 6) is -0.0589. The predicted molar refractivity (Wildman–Crippen MR) is 92.1 cm³/mol. The number of hydrogen-bond donors (Lipinski definition) is 3. The number of hydrogen-bond acceptors (Lipinski definition) is 6. The zero-order valence-electron chi connectivity index (χ0n) is 13.2. The van der Waals surface area contributed by atoms with Gasteiger partial charge in [0, 0.05) is 10.9 Å². The number of ether oxygens (including phenoxy) is 1. The first-order chi connectivity index (χ1) is 12.1. The van der Waals surface area contributed by atoms with Gasteiger partial charge in [0.2, 0.25) is 0 Å². The van der Waals surface area contributed by atoms with Crippen molar-refractivity contribution in [2.45, 2.75) is 0 Å². The first-order valence-corrected chi connectivity index (χ1v) is 7.28. The number of aromatic hydroxyl groups is 1. The van der Waals surface area contributed by atoms with Gasteiger partial charge in [0.1, 0.15) is 11.5 Å². The van der Waals surface area contributed by atoms with Crippen molar-refractivity contribution in [1.29, 1.82) is 0 Å². The van der Waals surface area contributed by atoms with Crippen LogP contribution >= 0.6 is 0 Å². The molecule has 1 aromatic heterocycles. The monoisotopic (exact) mass is 338 g/mol. The molecular formula is C17H14N4O4. The van der Waals surface area contributed by atoms with Crippen molar-refractivity contribution in [2.24, 2.45) is 5.10 Å². The number of fused-ring (bicyclic) bond motifs is 1. The number of nitrogens with one attached hydrogen (secondary N) is 2. The molecule has 3 aromatic rings. The van der Waals surface area contributed by atoms with Gasteiger partial charge in [0.25, 0.3) is 11.5 Å². The number of rotatable bonds is 4. The molecule has 0 saturated heterocycles. The highest BCUT2D eigenvalue weighted by atomic mass is 16.5. The van der Waals surface area contributed by atoms with Crippen molar-refractivity contribution >= 4 is 22.9 Å². The lowest BCUT2D eigenvalue weighted by Crippen LogP contribution is -2.22. The quantitative estimate of drug-likeness (QED) is 0.491. The summed E-state index contributed by atoms with van der Waals surface area (Å²) < 4.78 is 5.06. The van der Waals surface area contributed by atoms with E-state index in [9.17, 15) is 14.7 Å². The van der Waals surface area contributed by atoms with Crippen LogP contribution in [0.4, 0.5) is 0 Å². The number of H-pyrrole nitrogens is 1. The molecule has 0 fully saturated rings.